The fourth-order valence-electron chi connectivity index (χ4n) is 8.78. The normalized spacial score (nSPS) is 20.8. The molecule has 340 valence electrons. The average Bonchev–Trinajstić information content (AvgIpc) is 4.07. The molecule has 4 heterocycles. The number of carboxylic acids is 1. The number of nitrogens with two attached hydrogens (primary N) is 1. The molecule has 0 unspecified atom stereocenters. The second-order valence-electron chi connectivity index (χ2n) is 17.5. The van der Waals surface area contributed by atoms with Crippen LogP contribution >= 0.6 is 0 Å². The molecular formula is C43H63N9O10. The number of amides is 7. The number of aromatic nitrogens is 1. The van der Waals surface area contributed by atoms with Crippen LogP contribution < -0.4 is 27.0 Å². The number of hydrogen-bond acceptors (Lipinski definition) is 10. The number of aliphatic hydroxyl groups is 1. The summed E-state index contributed by atoms with van der Waals surface area (Å²) in [5.41, 5.74) is 7.53. The Morgan fingerprint density at radius 1 is 0.742 bits per heavy atom. The van der Waals surface area contributed by atoms with E-state index in [4.69, 9.17) is 5.73 Å². The van der Waals surface area contributed by atoms with Crippen LogP contribution in [-0.4, -0.2) is 152 Å². The maximum atomic E-state index is 14.2. The van der Waals surface area contributed by atoms with Crippen LogP contribution in [-0.2, 0) is 44.8 Å². The zero-order valence-corrected chi connectivity index (χ0v) is 36.1. The first-order valence-corrected chi connectivity index (χ1v) is 21.7. The number of carbonyl (C=O) groups excluding carboxylic acids is 7. The van der Waals surface area contributed by atoms with Gasteiger partial charge < -0.3 is 56.9 Å². The molecule has 5 rings (SSSR count). The second-order valence-corrected chi connectivity index (χ2v) is 17.5. The molecule has 0 aliphatic carbocycles. The van der Waals surface area contributed by atoms with Gasteiger partial charge in [-0.1, -0.05) is 45.9 Å². The molecule has 3 aliphatic heterocycles. The van der Waals surface area contributed by atoms with Gasteiger partial charge in [-0.3, -0.25) is 33.6 Å². The predicted molar refractivity (Wildman–Crippen MR) is 227 cm³/mol. The van der Waals surface area contributed by atoms with Crippen molar-refractivity contribution in [1.29, 1.82) is 0 Å². The highest BCUT2D eigenvalue weighted by Gasteiger charge is 2.45. The molecule has 0 bridgehead atoms. The van der Waals surface area contributed by atoms with E-state index in [0.29, 0.717) is 50.5 Å². The summed E-state index contributed by atoms with van der Waals surface area (Å²) in [4.78, 5) is 114. The third kappa shape index (κ3) is 11.7. The SMILES string of the molecule is CC(C)C[C@H](NC(=O)[C@@H]1CCCN1C(=O)[C@@H]1CCCN1C(=O)[C@H](CO)NC(=O)[C@@H](N)CC(C)C)C(=O)N1CCC[C@H]1C(=O)NCC(=O)N[C@@H](Cc1c[nH]c2ccccc12)C(=O)O. The van der Waals surface area contributed by atoms with Crippen LogP contribution in [0.1, 0.15) is 84.6 Å². The molecule has 1 aromatic carbocycles. The third-order valence-electron chi connectivity index (χ3n) is 11.8. The summed E-state index contributed by atoms with van der Waals surface area (Å²) in [5, 5.41) is 31.2. The van der Waals surface area contributed by atoms with Crippen molar-refractivity contribution in [3.63, 3.8) is 0 Å². The van der Waals surface area contributed by atoms with Crippen molar-refractivity contribution in [3.05, 3.63) is 36.0 Å². The van der Waals surface area contributed by atoms with Gasteiger partial charge >= 0.3 is 5.97 Å². The monoisotopic (exact) mass is 865 g/mol. The number of carboxylic acid groups (broad SMARTS) is 1. The molecule has 0 spiro atoms. The molecule has 7 atom stereocenters. The minimum absolute atomic E-state index is 0.0129. The van der Waals surface area contributed by atoms with Gasteiger partial charge in [0, 0.05) is 43.2 Å². The number of rotatable bonds is 19. The predicted octanol–water partition coefficient (Wildman–Crippen LogP) is -0.250. The van der Waals surface area contributed by atoms with E-state index in [1.54, 1.807) is 6.20 Å². The number of H-pyrrole nitrogens is 1. The van der Waals surface area contributed by atoms with Crippen LogP contribution in [0.3, 0.4) is 0 Å². The average molecular weight is 866 g/mol. The molecule has 0 saturated carbocycles. The molecule has 2 aromatic rings. The molecule has 3 fully saturated rings. The maximum Gasteiger partial charge on any atom is 0.326 e. The Bertz CT molecular complexity index is 1970. The third-order valence-corrected chi connectivity index (χ3v) is 11.8. The van der Waals surface area contributed by atoms with Gasteiger partial charge in [0.05, 0.1) is 19.2 Å². The first kappa shape index (κ1) is 47.5. The van der Waals surface area contributed by atoms with Crippen LogP contribution in [0.25, 0.3) is 10.9 Å². The minimum Gasteiger partial charge on any atom is -0.480 e. The largest absolute Gasteiger partial charge is 0.480 e. The lowest BCUT2D eigenvalue weighted by molar-refractivity contribution is -0.149. The summed E-state index contributed by atoms with van der Waals surface area (Å²) in [6.07, 6.45) is 4.80. The van der Waals surface area contributed by atoms with E-state index in [1.807, 2.05) is 52.0 Å². The number of fused-ring (bicyclic) bond motifs is 1. The quantitative estimate of drug-likeness (QED) is 0.0912. The standard InChI is InChI=1S/C43H63N9O10/c1-24(2)18-28(44)37(55)49-32(23-53)41(59)52-17-9-14-35(52)42(60)51-16-8-13-34(51)39(57)48-30(19-25(3)4)40(58)50-15-7-12-33(50)38(56)46-22-36(54)47-31(43(61)62)20-26-21-45-29-11-6-5-10-27(26)29/h5-6,10-11,21,24-25,28,30-35,45,53H,7-9,12-20,22-23,44H2,1-4H3,(H,46,56)(H,47,54)(H,48,57)(H,49,55)(H,61,62)/t28-,30-,31-,32-,33-,34-,35-/m0/s1. The van der Waals surface area contributed by atoms with Crippen LogP contribution in [0, 0.1) is 11.8 Å². The summed E-state index contributed by atoms with van der Waals surface area (Å²) in [5.74, 6) is -5.11. The van der Waals surface area contributed by atoms with E-state index in [-0.39, 0.29) is 44.3 Å². The number of para-hydroxylation sites is 1. The number of likely N-dealkylation sites (tertiary alicyclic amines) is 3. The second kappa shape index (κ2) is 21.5. The zero-order chi connectivity index (χ0) is 45.2. The van der Waals surface area contributed by atoms with Crippen molar-refractivity contribution in [1.82, 2.24) is 41.0 Å². The lowest BCUT2D eigenvalue weighted by atomic mass is 10.0. The Hall–Kier alpha value is -5.56. The van der Waals surface area contributed by atoms with E-state index >= 15 is 0 Å². The van der Waals surface area contributed by atoms with Gasteiger partial charge in [0.25, 0.3) is 0 Å². The van der Waals surface area contributed by atoms with Crippen molar-refractivity contribution in [2.24, 2.45) is 17.6 Å². The van der Waals surface area contributed by atoms with Crippen molar-refractivity contribution >= 4 is 58.2 Å². The van der Waals surface area contributed by atoms with Gasteiger partial charge in [0.15, 0.2) is 0 Å². The van der Waals surface area contributed by atoms with E-state index in [1.165, 1.54) is 14.7 Å². The number of hydrogen-bond donors (Lipinski definition) is 8. The molecular weight excluding hydrogens is 803 g/mol. The lowest BCUT2D eigenvalue weighted by Gasteiger charge is -2.34. The van der Waals surface area contributed by atoms with Crippen molar-refractivity contribution in [2.45, 2.75) is 128 Å². The summed E-state index contributed by atoms with van der Waals surface area (Å²) in [6.45, 7) is 7.09. The smallest absolute Gasteiger partial charge is 0.326 e. The summed E-state index contributed by atoms with van der Waals surface area (Å²) in [6, 6.07) is 0.147. The van der Waals surface area contributed by atoms with Gasteiger partial charge in [-0.2, -0.15) is 0 Å². The number of aromatic amines is 1. The molecule has 1 aromatic heterocycles. The molecule has 3 aliphatic rings. The van der Waals surface area contributed by atoms with E-state index < -0.39 is 103 Å². The van der Waals surface area contributed by atoms with Gasteiger partial charge in [-0.05, 0) is 74.8 Å². The Kier molecular flexibility index (Phi) is 16.5. The Labute approximate surface area is 361 Å². The number of nitrogens with one attached hydrogen (secondary N) is 5. The van der Waals surface area contributed by atoms with Crippen molar-refractivity contribution in [3.8, 4) is 0 Å². The Balaban J connectivity index is 1.18. The molecule has 0 radical (unpaired) electrons. The fourth-order valence-corrected chi connectivity index (χ4v) is 8.78. The number of carbonyl (C=O) groups is 8. The minimum atomic E-state index is -1.30. The molecule has 19 nitrogen and oxygen atoms in total. The molecule has 62 heavy (non-hydrogen) atoms. The van der Waals surface area contributed by atoms with Crippen LogP contribution in [0.2, 0.25) is 0 Å². The van der Waals surface area contributed by atoms with Crippen molar-refractivity contribution < 1.29 is 48.6 Å². The number of benzene rings is 1. The first-order chi connectivity index (χ1) is 29.5. The van der Waals surface area contributed by atoms with Crippen LogP contribution in [0.5, 0.6) is 0 Å². The number of aliphatic carboxylic acids is 1. The Morgan fingerprint density at radius 3 is 1.95 bits per heavy atom. The topological polar surface area (TPSA) is 277 Å². The zero-order valence-electron chi connectivity index (χ0n) is 36.1. The highest BCUT2D eigenvalue weighted by Crippen LogP contribution is 2.27. The highest BCUT2D eigenvalue weighted by atomic mass is 16.4. The maximum absolute atomic E-state index is 14.2. The highest BCUT2D eigenvalue weighted by molar-refractivity contribution is 5.98. The van der Waals surface area contributed by atoms with E-state index in [0.717, 1.165) is 10.9 Å². The van der Waals surface area contributed by atoms with E-state index in [9.17, 15) is 48.6 Å². The van der Waals surface area contributed by atoms with Gasteiger partial charge in [0.1, 0.15) is 36.3 Å². The summed E-state index contributed by atoms with van der Waals surface area (Å²) >= 11 is 0. The van der Waals surface area contributed by atoms with Crippen molar-refractivity contribution in [2.75, 3.05) is 32.8 Å². The molecule has 9 N–H and O–H groups in total. The number of aliphatic hydroxyl groups excluding tert-OH is 1. The summed E-state index contributed by atoms with van der Waals surface area (Å²) in [7, 11) is 0. The van der Waals surface area contributed by atoms with Crippen LogP contribution in [0.15, 0.2) is 30.5 Å². The van der Waals surface area contributed by atoms with Crippen LogP contribution in [0.4, 0.5) is 0 Å². The van der Waals surface area contributed by atoms with Gasteiger partial charge in [0.2, 0.25) is 41.4 Å². The molecule has 19 heteroatoms. The molecule has 7 amide bonds. The summed E-state index contributed by atoms with van der Waals surface area (Å²) < 4.78 is 0. The number of nitrogens with zero attached hydrogens (tertiary/aromatic N) is 3. The Morgan fingerprint density at radius 2 is 1.32 bits per heavy atom. The molecule has 3 saturated heterocycles. The van der Waals surface area contributed by atoms with Gasteiger partial charge in [-0.15, -0.1) is 0 Å². The first-order valence-electron chi connectivity index (χ1n) is 21.7. The fraction of sp³-hybridized carbons (Fsp3) is 0.628. The van der Waals surface area contributed by atoms with Gasteiger partial charge in [-0.25, -0.2) is 4.79 Å². The lowest BCUT2D eigenvalue weighted by Crippen LogP contribution is -2.59. The van der Waals surface area contributed by atoms with E-state index in [2.05, 4.69) is 26.3 Å².